The van der Waals surface area contributed by atoms with Gasteiger partial charge in [-0.05, 0) is 25.3 Å². The smallest absolute Gasteiger partial charge is 0.326 e. The molecule has 5 heteroatoms. The lowest BCUT2D eigenvalue weighted by atomic mass is 10.1. The van der Waals surface area contributed by atoms with E-state index in [0.29, 0.717) is 25.4 Å². The van der Waals surface area contributed by atoms with Crippen molar-refractivity contribution in [1.82, 2.24) is 5.32 Å². The molecule has 0 aromatic rings. The molecule has 0 saturated carbocycles. The quantitative estimate of drug-likeness (QED) is 0.654. The fourth-order valence-electron chi connectivity index (χ4n) is 1.08. The standard InChI is InChI=1S/C10H21F3N2/c1-8(2)9(14)7-15-6-4-3-5-10(11,12)13/h8-9,15H,3-7,14H2,1-2H3. The van der Waals surface area contributed by atoms with Crippen molar-refractivity contribution in [2.75, 3.05) is 13.1 Å². The fourth-order valence-corrected chi connectivity index (χ4v) is 1.08. The van der Waals surface area contributed by atoms with E-state index in [-0.39, 0.29) is 12.5 Å². The molecule has 0 bridgehead atoms. The van der Waals surface area contributed by atoms with Crippen LogP contribution in [0.25, 0.3) is 0 Å². The number of nitrogens with one attached hydrogen (secondary N) is 1. The second-order valence-electron chi connectivity index (χ2n) is 4.18. The molecule has 0 heterocycles. The highest BCUT2D eigenvalue weighted by Crippen LogP contribution is 2.21. The van der Waals surface area contributed by atoms with E-state index in [1.54, 1.807) is 0 Å². The third-order valence-corrected chi connectivity index (χ3v) is 2.30. The summed E-state index contributed by atoms with van der Waals surface area (Å²) in [6.45, 7) is 5.33. The molecule has 0 fully saturated rings. The highest BCUT2D eigenvalue weighted by Gasteiger charge is 2.25. The van der Waals surface area contributed by atoms with E-state index >= 15 is 0 Å². The number of unbranched alkanes of at least 4 members (excludes halogenated alkanes) is 1. The Morgan fingerprint density at radius 2 is 1.80 bits per heavy atom. The van der Waals surface area contributed by atoms with E-state index in [2.05, 4.69) is 5.32 Å². The Bertz CT molecular complexity index is 157. The van der Waals surface area contributed by atoms with Gasteiger partial charge in [-0.3, -0.25) is 0 Å². The lowest BCUT2D eigenvalue weighted by molar-refractivity contribution is -0.135. The number of halogens is 3. The van der Waals surface area contributed by atoms with Crippen LogP contribution in [0.3, 0.4) is 0 Å². The molecular weight excluding hydrogens is 205 g/mol. The summed E-state index contributed by atoms with van der Waals surface area (Å²) < 4.78 is 35.3. The second kappa shape index (κ2) is 7.06. The molecule has 1 atom stereocenters. The van der Waals surface area contributed by atoms with Gasteiger partial charge < -0.3 is 11.1 Å². The maximum absolute atomic E-state index is 11.8. The summed E-state index contributed by atoms with van der Waals surface area (Å²) in [6.07, 6.45) is -3.98. The predicted molar refractivity (Wildman–Crippen MR) is 55.6 cm³/mol. The summed E-state index contributed by atoms with van der Waals surface area (Å²) in [5.41, 5.74) is 5.76. The predicted octanol–water partition coefficient (Wildman–Crippen LogP) is 2.29. The summed E-state index contributed by atoms with van der Waals surface area (Å²) >= 11 is 0. The van der Waals surface area contributed by atoms with Crippen LogP contribution in [-0.2, 0) is 0 Å². The van der Waals surface area contributed by atoms with E-state index in [4.69, 9.17) is 5.73 Å². The highest BCUT2D eigenvalue weighted by molar-refractivity contribution is 4.67. The Balaban J connectivity index is 3.26. The molecule has 0 spiro atoms. The molecule has 0 aromatic heterocycles. The van der Waals surface area contributed by atoms with Crippen LogP contribution in [-0.4, -0.2) is 25.3 Å². The van der Waals surface area contributed by atoms with Crippen LogP contribution in [0, 0.1) is 5.92 Å². The van der Waals surface area contributed by atoms with E-state index < -0.39 is 12.6 Å². The Morgan fingerprint density at radius 1 is 1.20 bits per heavy atom. The summed E-state index contributed by atoms with van der Waals surface area (Å²) in [4.78, 5) is 0. The van der Waals surface area contributed by atoms with Crippen molar-refractivity contribution >= 4 is 0 Å². The molecule has 15 heavy (non-hydrogen) atoms. The first-order chi connectivity index (χ1) is 6.83. The average molecular weight is 226 g/mol. The topological polar surface area (TPSA) is 38.0 Å². The minimum Gasteiger partial charge on any atom is -0.326 e. The zero-order valence-electron chi connectivity index (χ0n) is 9.40. The van der Waals surface area contributed by atoms with Gasteiger partial charge in [0, 0.05) is 19.0 Å². The Hall–Kier alpha value is -0.290. The van der Waals surface area contributed by atoms with Crippen molar-refractivity contribution < 1.29 is 13.2 Å². The lowest BCUT2D eigenvalue weighted by Gasteiger charge is -2.16. The maximum Gasteiger partial charge on any atom is 0.389 e. The normalized spacial score (nSPS) is 14.6. The van der Waals surface area contributed by atoms with Gasteiger partial charge in [0.1, 0.15) is 0 Å². The zero-order chi connectivity index (χ0) is 11.9. The first kappa shape index (κ1) is 14.7. The van der Waals surface area contributed by atoms with Crippen molar-refractivity contribution in [3.05, 3.63) is 0 Å². The molecule has 0 aliphatic heterocycles. The molecule has 0 rings (SSSR count). The van der Waals surface area contributed by atoms with Crippen LogP contribution in [0.15, 0.2) is 0 Å². The second-order valence-corrected chi connectivity index (χ2v) is 4.18. The lowest BCUT2D eigenvalue weighted by Crippen LogP contribution is -2.38. The molecule has 0 aliphatic rings. The molecule has 92 valence electrons. The van der Waals surface area contributed by atoms with Gasteiger partial charge >= 0.3 is 6.18 Å². The molecular formula is C10H21F3N2. The summed E-state index contributed by atoms with van der Waals surface area (Å²) in [6, 6.07) is 0.0765. The van der Waals surface area contributed by atoms with E-state index in [0.717, 1.165) is 0 Å². The third-order valence-electron chi connectivity index (χ3n) is 2.30. The highest BCUT2D eigenvalue weighted by atomic mass is 19.4. The van der Waals surface area contributed by atoms with Crippen molar-refractivity contribution in [3.8, 4) is 0 Å². The first-order valence-corrected chi connectivity index (χ1v) is 5.36. The van der Waals surface area contributed by atoms with Crippen LogP contribution >= 0.6 is 0 Å². The fraction of sp³-hybridized carbons (Fsp3) is 1.00. The van der Waals surface area contributed by atoms with E-state index in [1.807, 2.05) is 13.8 Å². The van der Waals surface area contributed by atoms with Crippen LogP contribution in [0.4, 0.5) is 13.2 Å². The first-order valence-electron chi connectivity index (χ1n) is 5.36. The molecule has 0 radical (unpaired) electrons. The summed E-state index contributed by atoms with van der Waals surface area (Å²) in [7, 11) is 0. The molecule has 1 unspecified atom stereocenters. The third kappa shape index (κ3) is 10.0. The summed E-state index contributed by atoms with van der Waals surface area (Å²) in [5, 5.41) is 3.06. The van der Waals surface area contributed by atoms with Crippen molar-refractivity contribution in [2.45, 2.75) is 45.3 Å². The van der Waals surface area contributed by atoms with Crippen LogP contribution < -0.4 is 11.1 Å². The molecule has 0 aliphatic carbocycles. The number of nitrogens with two attached hydrogens (primary N) is 1. The minimum atomic E-state index is -4.02. The molecule has 0 saturated heterocycles. The van der Waals surface area contributed by atoms with Crippen LogP contribution in [0.5, 0.6) is 0 Å². The van der Waals surface area contributed by atoms with Gasteiger partial charge in [-0.2, -0.15) is 13.2 Å². The summed E-state index contributed by atoms with van der Waals surface area (Å²) in [5.74, 6) is 0.396. The monoisotopic (exact) mass is 226 g/mol. The molecule has 3 N–H and O–H groups in total. The molecule has 0 aromatic carbocycles. The van der Waals surface area contributed by atoms with Crippen LogP contribution in [0.1, 0.15) is 33.1 Å². The SMILES string of the molecule is CC(C)C(N)CNCCCCC(F)(F)F. The molecule has 2 nitrogen and oxygen atoms in total. The Kier molecular flexibility index (Phi) is 6.92. The molecule has 0 amide bonds. The van der Waals surface area contributed by atoms with Crippen LogP contribution in [0.2, 0.25) is 0 Å². The largest absolute Gasteiger partial charge is 0.389 e. The number of hydrogen-bond donors (Lipinski definition) is 2. The number of rotatable bonds is 7. The maximum atomic E-state index is 11.8. The van der Waals surface area contributed by atoms with E-state index in [9.17, 15) is 13.2 Å². The minimum absolute atomic E-state index is 0.0765. The van der Waals surface area contributed by atoms with Gasteiger partial charge in [0.25, 0.3) is 0 Å². The van der Waals surface area contributed by atoms with E-state index in [1.165, 1.54) is 0 Å². The van der Waals surface area contributed by atoms with Gasteiger partial charge in [-0.15, -0.1) is 0 Å². The number of alkyl halides is 3. The van der Waals surface area contributed by atoms with Gasteiger partial charge in [-0.25, -0.2) is 0 Å². The van der Waals surface area contributed by atoms with Gasteiger partial charge in [0.15, 0.2) is 0 Å². The number of hydrogen-bond acceptors (Lipinski definition) is 2. The van der Waals surface area contributed by atoms with Crippen molar-refractivity contribution in [3.63, 3.8) is 0 Å². The van der Waals surface area contributed by atoms with Gasteiger partial charge in [0.05, 0.1) is 0 Å². The Labute approximate surface area is 89.4 Å². The van der Waals surface area contributed by atoms with Crippen molar-refractivity contribution in [1.29, 1.82) is 0 Å². The zero-order valence-corrected chi connectivity index (χ0v) is 9.40. The van der Waals surface area contributed by atoms with Gasteiger partial charge in [0.2, 0.25) is 0 Å². The van der Waals surface area contributed by atoms with Gasteiger partial charge in [-0.1, -0.05) is 13.8 Å². The average Bonchev–Trinajstić information content (AvgIpc) is 2.08. The van der Waals surface area contributed by atoms with Crippen molar-refractivity contribution in [2.24, 2.45) is 11.7 Å². The Morgan fingerprint density at radius 3 is 2.27 bits per heavy atom.